The second-order valence-electron chi connectivity index (χ2n) is 5.70. The third-order valence-corrected chi connectivity index (χ3v) is 3.09. The van der Waals surface area contributed by atoms with Crippen LogP contribution in [-0.2, 0) is 0 Å². The molecule has 0 aliphatic heterocycles. The molecule has 0 aliphatic carbocycles. The first-order valence-corrected chi connectivity index (χ1v) is 7.10. The lowest BCUT2D eigenvalue weighted by Crippen LogP contribution is -2.34. The molecular formula is C16H25NO3. The van der Waals surface area contributed by atoms with Crippen molar-refractivity contribution >= 4 is 5.91 Å². The third kappa shape index (κ3) is 5.61. The van der Waals surface area contributed by atoms with Crippen molar-refractivity contribution in [3.05, 3.63) is 29.8 Å². The van der Waals surface area contributed by atoms with Gasteiger partial charge in [0.15, 0.2) is 0 Å². The predicted molar refractivity (Wildman–Crippen MR) is 80.0 cm³/mol. The van der Waals surface area contributed by atoms with Gasteiger partial charge in [0.2, 0.25) is 0 Å². The molecule has 0 fully saturated rings. The molecule has 1 aromatic rings. The first-order valence-electron chi connectivity index (χ1n) is 7.10. The second kappa shape index (κ2) is 7.90. The summed E-state index contributed by atoms with van der Waals surface area (Å²) in [6, 6.07) is 7.19. The lowest BCUT2D eigenvalue weighted by molar-refractivity contribution is 0.0927. The van der Waals surface area contributed by atoms with Gasteiger partial charge in [-0.1, -0.05) is 26.8 Å². The second-order valence-corrected chi connectivity index (χ2v) is 5.70. The van der Waals surface area contributed by atoms with Gasteiger partial charge in [-0.05, 0) is 36.5 Å². The van der Waals surface area contributed by atoms with Gasteiger partial charge in [-0.3, -0.25) is 4.79 Å². The molecule has 0 atom stereocenters. The highest BCUT2D eigenvalue weighted by Gasteiger charge is 2.18. The Morgan fingerprint density at radius 2 is 2.15 bits per heavy atom. The maximum atomic E-state index is 12.1. The molecule has 0 bridgehead atoms. The van der Waals surface area contributed by atoms with E-state index in [1.54, 1.807) is 12.1 Å². The Labute approximate surface area is 121 Å². The largest absolute Gasteiger partial charge is 0.494 e. The Morgan fingerprint density at radius 1 is 1.40 bits per heavy atom. The number of hydrogen-bond acceptors (Lipinski definition) is 3. The number of aliphatic hydroxyl groups is 1. The summed E-state index contributed by atoms with van der Waals surface area (Å²) < 4.78 is 5.52. The predicted octanol–water partition coefficient (Wildman–Crippen LogP) is 2.61. The number of benzene rings is 1. The quantitative estimate of drug-likeness (QED) is 0.769. The summed E-state index contributed by atoms with van der Waals surface area (Å²) in [6.45, 7) is 7.39. The standard InChI is InChI=1S/C16H25NO3/c1-4-10-20-14-7-5-6-13(11-14)15(19)17-12-16(2,3)8-9-18/h5-7,11,18H,4,8-10,12H2,1-3H3,(H,17,19). The lowest BCUT2D eigenvalue weighted by Gasteiger charge is -2.23. The van der Waals surface area contributed by atoms with Crippen LogP contribution in [0.2, 0.25) is 0 Å². The molecule has 1 amide bonds. The molecule has 4 heteroatoms. The van der Waals surface area contributed by atoms with Crippen LogP contribution in [0.1, 0.15) is 44.0 Å². The van der Waals surface area contributed by atoms with Crippen molar-refractivity contribution in [2.45, 2.75) is 33.6 Å². The van der Waals surface area contributed by atoms with Crippen LogP contribution in [0.4, 0.5) is 0 Å². The zero-order chi connectivity index (χ0) is 15.0. The monoisotopic (exact) mass is 279 g/mol. The van der Waals surface area contributed by atoms with E-state index in [2.05, 4.69) is 5.32 Å². The van der Waals surface area contributed by atoms with Gasteiger partial charge >= 0.3 is 0 Å². The maximum absolute atomic E-state index is 12.1. The minimum atomic E-state index is -0.113. The molecule has 1 aromatic carbocycles. The molecule has 0 aliphatic rings. The number of amides is 1. The van der Waals surface area contributed by atoms with E-state index < -0.39 is 0 Å². The smallest absolute Gasteiger partial charge is 0.251 e. The molecule has 20 heavy (non-hydrogen) atoms. The molecule has 0 aromatic heterocycles. The molecule has 0 saturated carbocycles. The minimum absolute atomic E-state index is 0.110. The average Bonchev–Trinajstić information content (AvgIpc) is 2.43. The van der Waals surface area contributed by atoms with Gasteiger partial charge in [-0.15, -0.1) is 0 Å². The van der Waals surface area contributed by atoms with Crippen molar-refractivity contribution in [3.8, 4) is 5.75 Å². The highest BCUT2D eigenvalue weighted by Crippen LogP contribution is 2.19. The molecular weight excluding hydrogens is 254 g/mol. The Bertz CT molecular complexity index is 429. The summed E-state index contributed by atoms with van der Waals surface area (Å²) in [4.78, 5) is 12.1. The normalized spacial score (nSPS) is 11.2. The van der Waals surface area contributed by atoms with E-state index >= 15 is 0 Å². The van der Waals surface area contributed by atoms with Gasteiger partial charge < -0.3 is 15.2 Å². The first kappa shape index (κ1) is 16.5. The topological polar surface area (TPSA) is 58.6 Å². The van der Waals surface area contributed by atoms with Gasteiger partial charge in [0.1, 0.15) is 5.75 Å². The molecule has 112 valence electrons. The highest BCUT2D eigenvalue weighted by molar-refractivity contribution is 5.94. The van der Waals surface area contributed by atoms with Crippen LogP contribution in [0, 0.1) is 5.41 Å². The summed E-state index contributed by atoms with van der Waals surface area (Å²) in [5.41, 5.74) is 0.485. The van der Waals surface area contributed by atoms with Crippen molar-refractivity contribution in [1.82, 2.24) is 5.32 Å². The van der Waals surface area contributed by atoms with Crippen molar-refractivity contribution in [3.63, 3.8) is 0 Å². The fourth-order valence-electron chi connectivity index (χ4n) is 1.76. The van der Waals surface area contributed by atoms with E-state index in [0.29, 0.717) is 30.9 Å². The summed E-state index contributed by atoms with van der Waals surface area (Å²) >= 11 is 0. The number of carbonyl (C=O) groups is 1. The van der Waals surface area contributed by atoms with Gasteiger partial charge in [-0.2, -0.15) is 0 Å². The molecule has 1 rings (SSSR count). The van der Waals surface area contributed by atoms with Crippen LogP contribution in [0.3, 0.4) is 0 Å². The van der Waals surface area contributed by atoms with Gasteiger partial charge in [0.05, 0.1) is 6.61 Å². The van der Waals surface area contributed by atoms with E-state index in [4.69, 9.17) is 9.84 Å². The first-order chi connectivity index (χ1) is 9.48. The number of nitrogens with one attached hydrogen (secondary N) is 1. The van der Waals surface area contributed by atoms with Crippen LogP contribution in [0.15, 0.2) is 24.3 Å². The number of rotatable bonds is 8. The number of carbonyl (C=O) groups excluding carboxylic acids is 1. The van der Waals surface area contributed by atoms with Crippen molar-refractivity contribution in [2.24, 2.45) is 5.41 Å². The van der Waals surface area contributed by atoms with Gasteiger partial charge in [0.25, 0.3) is 5.91 Å². The number of hydrogen-bond donors (Lipinski definition) is 2. The summed E-state index contributed by atoms with van der Waals surface area (Å²) in [5.74, 6) is 0.604. The summed E-state index contributed by atoms with van der Waals surface area (Å²) in [7, 11) is 0. The highest BCUT2D eigenvalue weighted by atomic mass is 16.5. The average molecular weight is 279 g/mol. The molecule has 0 unspecified atom stereocenters. The van der Waals surface area contributed by atoms with Crippen LogP contribution in [-0.4, -0.2) is 30.8 Å². The van der Waals surface area contributed by atoms with Gasteiger partial charge in [-0.25, -0.2) is 0 Å². The van der Waals surface area contributed by atoms with Crippen LogP contribution < -0.4 is 10.1 Å². The maximum Gasteiger partial charge on any atom is 0.251 e. The van der Waals surface area contributed by atoms with E-state index in [1.807, 2.05) is 32.9 Å². The minimum Gasteiger partial charge on any atom is -0.494 e. The van der Waals surface area contributed by atoms with Crippen molar-refractivity contribution < 1.29 is 14.6 Å². The molecule has 0 radical (unpaired) electrons. The molecule has 2 N–H and O–H groups in total. The number of aliphatic hydroxyl groups excluding tert-OH is 1. The molecule has 0 saturated heterocycles. The van der Waals surface area contributed by atoms with Crippen molar-refractivity contribution in [1.29, 1.82) is 0 Å². The Balaban J connectivity index is 2.59. The zero-order valence-electron chi connectivity index (χ0n) is 12.6. The Morgan fingerprint density at radius 3 is 2.80 bits per heavy atom. The van der Waals surface area contributed by atoms with Crippen LogP contribution >= 0.6 is 0 Å². The number of ether oxygens (including phenoxy) is 1. The molecule has 0 spiro atoms. The summed E-state index contributed by atoms with van der Waals surface area (Å²) in [5, 5.41) is 11.9. The van der Waals surface area contributed by atoms with E-state index in [1.165, 1.54) is 0 Å². The van der Waals surface area contributed by atoms with E-state index in [9.17, 15) is 4.79 Å². The van der Waals surface area contributed by atoms with Crippen LogP contribution in [0.5, 0.6) is 5.75 Å². The van der Waals surface area contributed by atoms with Gasteiger partial charge in [0, 0.05) is 18.7 Å². The third-order valence-electron chi connectivity index (χ3n) is 3.09. The summed E-state index contributed by atoms with van der Waals surface area (Å²) in [6.07, 6.45) is 1.60. The fourth-order valence-corrected chi connectivity index (χ4v) is 1.76. The SMILES string of the molecule is CCCOc1cccc(C(=O)NCC(C)(C)CCO)c1. The van der Waals surface area contributed by atoms with Crippen LogP contribution in [0.25, 0.3) is 0 Å². The Hall–Kier alpha value is -1.55. The molecule has 0 heterocycles. The molecule has 4 nitrogen and oxygen atoms in total. The lowest BCUT2D eigenvalue weighted by atomic mass is 9.89. The van der Waals surface area contributed by atoms with Crippen molar-refractivity contribution in [2.75, 3.05) is 19.8 Å². The fraction of sp³-hybridized carbons (Fsp3) is 0.562. The van der Waals surface area contributed by atoms with E-state index in [0.717, 1.165) is 6.42 Å². The Kier molecular flexibility index (Phi) is 6.52. The zero-order valence-corrected chi connectivity index (χ0v) is 12.6. The van der Waals surface area contributed by atoms with E-state index in [-0.39, 0.29) is 17.9 Å².